The quantitative estimate of drug-likeness (QED) is 0.339. The van der Waals surface area contributed by atoms with E-state index in [0.29, 0.717) is 17.7 Å². The van der Waals surface area contributed by atoms with E-state index in [0.717, 1.165) is 18.2 Å². The average molecular weight is 366 g/mol. The van der Waals surface area contributed by atoms with Gasteiger partial charge in [-0.2, -0.15) is 0 Å². The fourth-order valence-corrected chi connectivity index (χ4v) is 3.26. The third-order valence-electron chi connectivity index (χ3n) is 4.14. The van der Waals surface area contributed by atoms with Crippen molar-refractivity contribution in [3.63, 3.8) is 0 Å². The summed E-state index contributed by atoms with van der Waals surface area (Å²) < 4.78 is 0. The van der Waals surface area contributed by atoms with E-state index in [1.807, 2.05) is 12.1 Å². The first-order chi connectivity index (χ1) is 10.8. The largest absolute Gasteiger partial charge is 0.274 e. The van der Waals surface area contributed by atoms with Crippen LogP contribution in [0.2, 0.25) is 0 Å². The maximum atomic E-state index is 12.2. The first-order valence-electron chi connectivity index (χ1n) is 8.27. The highest BCUT2D eigenvalue weighted by molar-refractivity contribution is 9.09. The van der Waals surface area contributed by atoms with Crippen LogP contribution in [0.1, 0.15) is 72.1 Å². The van der Waals surface area contributed by atoms with Crippen molar-refractivity contribution < 1.29 is 9.59 Å². The van der Waals surface area contributed by atoms with Crippen molar-refractivity contribution in [3.8, 4) is 0 Å². The molecule has 0 radical (unpaired) electrons. The number of alkyl halides is 1. The minimum absolute atomic E-state index is 0.129. The number of carbonyl (C=O) groups excluding carboxylic acids is 2. The van der Waals surface area contributed by atoms with E-state index in [2.05, 4.69) is 15.9 Å². The molecule has 0 fully saturated rings. The molecule has 120 valence electrons. The molecule has 1 aliphatic rings. The van der Waals surface area contributed by atoms with Gasteiger partial charge in [0.1, 0.15) is 0 Å². The molecule has 4 heteroatoms. The molecule has 2 amide bonds. The van der Waals surface area contributed by atoms with Crippen molar-refractivity contribution in [1.82, 2.24) is 4.90 Å². The van der Waals surface area contributed by atoms with Crippen LogP contribution in [-0.4, -0.2) is 28.6 Å². The second kappa shape index (κ2) is 9.09. The predicted octanol–water partition coefficient (Wildman–Crippen LogP) is 4.80. The van der Waals surface area contributed by atoms with Gasteiger partial charge in [0.15, 0.2) is 0 Å². The van der Waals surface area contributed by atoms with Gasteiger partial charge in [-0.25, -0.2) is 0 Å². The zero-order valence-corrected chi connectivity index (χ0v) is 14.6. The molecule has 0 atom stereocenters. The van der Waals surface area contributed by atoms with Crippen LogP contribution in [0.3, 0.4) is 0 Å². The molecule has 0 N–H and O–H groups in total. The first kappa shape index (κ1) is 17.2. The molecule has 1 aliphatic heterocycles. The van der Waals surface area contributed by atoms with Crippen molar-refractivity contribution in [2.24, 2.45) is 0 Å². The summed E-state index contributed by atoms with van der Waals surface area (Å²) in [6.07, 6.45) is 9.62. The second-order valence-electron chi connectivity index (χ2n) is 5.82. The molecule has 1 heterocycles. The molecule has 0 bridgehead atoms. The molecule has 0 aliphatic carbocycles. The Morgan fingerprint density at radius 1 is 0.727 bits per heavy atom. The molecule has 0 saturated heterocycles. The Kier molecular flexibility index (Phi) is 7.10. The highest BCUT2D eigenvalue weighted by atomic mass is 79.9. The molecule has 1 aromatic rings. The Bertz CT molecular complexity index is 481. The van der Waals surface area contributed by atoms with Crippen molar-refractivity contribution in [2.75, 3.05) is 11.9 Å². The van der Waals surface area contributed by atoms with Crippen molar-refractivity contribution in [3.05, 3.63) is 35.4 Å². The number of halogens is 1. The molecular weight excluding hydrogens is 342 g/mol. The Morgan fingerprint density at radius 3 is 1.68 bits per heavy atom. The minimum atomic E-state index is -0.129. The summed E-state index contributed by atoms with van der Waals surface area (Å²) in [4.78, 5) is 25.8. The van der Waals surface area contributed by atoms with E-state index in [1.54, 1.807) is 12.1 Å². The highest BCUT2D eigenvalue weighted by Crippen LogP contribution is 2.22. The van der Waals surface area contributed by atoms with E-state index < -0.39 is 0 Å². The number of unbranched alkanes of at least 4 members (excludes halogenated alkanes) is 7. The predicted molar refractivity (Wildman–Crippen MR) is 92.5 cm³/mol. The first-order valence-corrected chi connectivity index (χ1v) is 9.39. The number of rotatable bonds is 10. The normalized spacial score (nSPS) is 13.8. The number of hydrogen-bond donors (Lipinski definition) is 0. The van der Waals surface area contributed by atoms with E-state index >= 15 is 0 Å². The zero-order valence-electron chi connectivity index (χ0n) is 13.0. The third-order valence-corrected chi connectivity index (χ3v) is 4.70. The molecule has 1 aromatic carbocycles. The third kappa shape index (κ3) is 4.42. The second-order valence-corrected chi connectivity index (χ2v) is 6.62. The summed E-state index contributed by atoms with van der Waals surface area (Å²) in [5.41, 5.74) is 1.11. The number of nitrogens with zero attached hydrogens (tertiary/aromatic N) is 1. The van der Waals surface area contributed by atoms with Gasteiger partial charge >= 0.3 is 0 Å². The van der Waals surface area contributed by atoms with Crippen LogP contribution >= 0.6 is 15.9 Å². The summed E-state index contributed by atoms with van der Waals surface area (Å²) >= 11 is 3.45. The maximum Gasteiger partial charge on any atom is 0.261 e. The Morgan fingerprint density at radius 2 is 1.18 bits per heavy atom. The Hall–Kier alpha value is -1.16. The topological polar surface area (TPSA) is 37.4 Å². The van der Waals surface area contributed by atoms with Gasteiger partial charge in [-0.05, 0) is 25.0 Å². The van der Waals surface area contributed by atoms with Gasteiger partial charge in [-0.1, -0.05) is 66.6 Å². The Balaban J connectivity index is 1.63. The van der Waals surface area contributed by atoms with E-state index in [-0.39, 0.29) is 11.8 Å². The lowest BCUT2D eigenvalue weighted by Gasteiger charge is -2.13. The molecule has 0 aromatic heterocycles. The standard InChI is InChI=1S/C18H24BrNO2/c19-13-9-5-3-1-2-4-6-10-14-20-17(21)15-11-7-8-12-16(15)18(20)22/h7-8,11-12H,1-6,9-10,13-14H2. The van der Waals surface area contributed by atoms with Crippen LogP contribution in [0, 0.1) is 0 Å². The van der Waals surface area contributed by atoms with Gasteiger partial charge < -0.3 is 0 Å². The molecule has 0 spiro atoms. The molecular formula is C18H24BrNO2. The lowest BCUT2D eigenvalue weighted by atomic mass is 10.1. The van der Waals surface area contributed by atoms with Crippen LogP contribution in [0.15, 0.2) is 24.3 Å². The highest BCUT2D eigenvalue weighted by Gasteiger charge is 2.34. The van der Waals surface area contributed by atoms with Gasteiger partial charge in [0.2, 0.25) is 0 Å². The Labute approximate surface area is 141 Å². The van der Waals surface area contributed by atoms with Crippen LogP contribution < -0.4 is 0 Å². The van der Waals surface area contributed by atoms with Gasteiger partial charge in [0.25, 0.3) is 11.8 Å². The summed E-state index contributed by atoms with van der Waals surface area (Å²) in [7, 11) is 0. The van der Waals surface area contributed by atoms with Crippen LogP contribution in [0.5, 0.6) is 0 Å². The maximum absolute atomic E-state index is 12.2. The van der Waals surface area contributed by atoms with Gasteiger partial charge in [-0.3, -0.25) is 14.5 Å². The average Bonchev–Trinajstić information content (AvgIpc) is 2.78. The molecule has 3 nitrogen and oxygen atoms in total. The zero-order chi connectivity index (χ0) is 15.8. The number of benzene rings is 1. The minimum Gasteiger partial charge on any atom is -0.274 e. The number of amides is 2. The molecule has 0 unspecified atom stereocenters. The number of imide groups is 1. The van der Waals surface area contributed by atoms with Crippen LogP contribution in [0.4, 0.5) is 0 Å². The van der Waals surface area contributed by atoms with Crippen molar-refractivity contribution in [2.45, 2.75) is 51.4 Å². The fourth-order valence-electron chi connectivity index (χ4n) is 2.87. The monoisotopic (exact) mass is 365 g/mol. The lowest BCUT2D eigenvalue weighted by molar-refractivity contribution is 0.0651. The van der Waals surface area contributed by atoms with Gasteiger partial charge in [-0.15, -0.1) is 0 Å². The lowest BCUT2D eigenvalue weighted by Crippen LogP contribution is -2.30. The fraction of sp³-hybridized carbons (Fsp3) is 0.556. The molecule has 2 rings (SSSR count). The van der Waals surface area contributed by atoms with E-state index in [4.69, 9.17) is 0 Å². The summed E-state index contributed by atoms with van der Waals surface area (Å²) in [5.74, 6) is -0.259. The van der Waals surface area contributed by atoms with Crippen molar-refractivity contribution in [1.29, 1.82) is 0 Å². The SMILES string of the molecule is O=C1c2ccccc2C(=O)N1CCCCCCCCCCBr. The van der Waals surface area contributed by atoms with E-state index in [9.17, 15) is 9.59 Å². The number of carbonyl (C=O) groups is 2. The summed E-state index contributed by atoms with van der Waals surface area (Å²) in [6, 6.07) is 7.09. The van der Waals surface area contributed by atoms with Gasteiger partial charge in [0.05, 0.1) is 11.1 Å². The number of fused-ring (bicyclic) bond motifs is 1. The van der Waals surface area contributed by atoms with Crippen molar-refractivity contribution >= 4 is 27.7 Å². The summed E-state index contributed by atoms with van der Waals surface area (Å²) in [6.45, 7) is 0.552. The number of hydrogen-bond acceptors (Lipinski definition) is 2. The molecule has 22 heavy (non-hydrogen) atoms. The summed E-state index contributed by atoms with van der Waals surface area (Å²) in [5, 5.41) is 1.10. The van der Waals surface area contributed by atoms with Crippen LogP contribution in [-0.2, 0) is 0 Å². The smallest absolute Gasteiger partial charge is 0.261 e. The van der Waals surface area contributed by atoms with Gasteiger partial charge in [0, 0.05) is 11.9 Å². The van der Waals surface area contributed by atoms with Crippen LogP contribution in [0.25, 0.3) is 0 Å². The van der Waals surface area contributed by atoms with E-state index in [1.165, 1.54) is 43.4 Å². The molecule has 0 saturated carbocycles.